The number of nitrogens with one attached hydrogen (secondary N) is 1. The van der Waals surface area contributed by atoms with Gasteiger partial charge in [-0.15, -0.1) is 0 Å². The lowest BCUT2D eigenvalue weighted by Gasteiger charge is -2.20. The Balaban J connectivity index is 2.47. The summed E-state index contributed by atoms with van der Waals surface area (Å²) in [6, 6.07) is 0. The summed E-state index contributed by atoms with van der Waals surface area (Å²) in [4.78, 5) is 24.1. The van der Waals surface area contributed by atoms with E-state index in [9.17, 15) is 9.59 Å². The molecule has 0 aromatic carbocycles. The maximum Gasteiger partial charge on any atom is 0.269 e. The second-order valence-electron chi connectivity index (χ2n) is 3.96. The number of aliphatic hydroxyl groups excluding tert-OH is 1. The van der Waals surface area contributed by atoms with Crippen molar-refractivity contribution in [2.24, 2.45) is 5.10 Å². The molecule has 1 aliphatic heterocycles. The first-order valence-electron chi connectivity index (χ1n) is 5.29. The fraction of sp³-hybridized carbons (Fsp3) is 0.700. The SMILES string of the molecule is CC(O)CCN(C)C(=O)C1=NNC(=O)CC1. The Morgan fingerprint density at radius 3 is 2.81 bits per heavy atom. The van der Waals surface area contributed by atoms with Gasteiger partial charge in [-0.1, -0.05) is 0 Å². The van der Waals surface area contributed by atoms with E-state index in [-0.39, 0.29) is 11.8 Å². The van der Waals surface area contributed by atoms with Crippen LogP contribution in [0.3, 0.4) is 0 Å². The number of nitrogens with zero attached hydrogens (tertiary/aromatic N) is 2. The molecule has 0 saturated carbocycles. The van der Waals surface area contributed by atoms with Crippen molar-refractivity contribution in [3.8, 4) is 0 Å². The zero-order valence-corrected chi connectivity index (χ0v) is 9.56. The Morgan fingerprint density at radius 1 is 1.62 bits per heavy atom. The van der Waals surface area contributed by atoms with E-state index in [2.05, 4.69) is 10.5 Å². The van der Waals surface area contributed by atoms with Gasteiger partial charge in [0.2, 0.25) is 5.91 Å². The molecule has 1 atom stereocenters. The van der Waals surface area contributed by atoms with Crippen molar-refractivity contribution >= 4 is 17.5 Å². The molecular formula is C10H17N3O3. The number of hydrogen-bond donors (Lipinski definition) is 2. The van der Waals surface area contributed by atoms with Crippen molar-refractivity contribution in [3.05, 3.63) is 0 Å². The average molecular weight is 227 g/mol. The Bertz CT molecular complexity index is 312. The molecule has 0 radical (unpaired) electrons. The summed E-state index contributed by atoms with van der Waals surface area (Å²) in [5.41, 5.74) is 2.65. The van der Waals surface area contributed by atoms with Gasteiger partial charge in [-0.3, -0.25) is 9.59 Å². The predicted molar refractivity (Wildman–Crippen MR) is 58.7 cm³/mol. The molecular weight excluding hydrogens is 210 g/mol. The molecule has 1 unspecified atom stereocenters. The van der Waals surface area contributed by atoms with Gasteiger partial charge in [-0.25, -0.2) is 5.43 Å². The standard InChI is InChI=1S/C10H17N3O3/c1-7(14)5-6-13(2)10(16)8-3-4-9(15)12-11-8/h7,14H,3-6H2,1-2H3,(H,12,15). The van der Waals surface area contributed by atoms with E-state index in [1.165, 1.54) is 4.90 Å². The summed E-state index contributed by atoms with van der Waals surface area (Å²) in [5.74, 6) is -0.358. The molecule has 1 aliphatic rings. The van der Waals surface area contributed by atoms with Crippen LogP contribution in [0.15, 0.2) is 5.10 Å². The molecule has 0 aromatic rings. The van der Waals surface area contributed by atoms with E-state index in [4.69, 9.17) is 5.11 Å². The number of carbonyl (C=O) groups excluding carboxylic acids is 2. The van der Waals surface area contributed by atoms with Crippen molar-refractivity contribution in [2.45, 2.75) is 32.3 Å². The second kappa shape index (κ2) is 5.60. The van der Waals surface area contributed by atoms with Gasteiger partial charge in [0.25, 0.3) is 5.91 Å². The Labute approximate surface area is 94.3 Å². The number of carbonyl (C=O) groups is 2. The summed E-state index contributed by atoms with van der Waals surface area (Å²) in [6.45, 7) is 2.15. The normalized spacial score (nSPS) is 17.4. The zero-order chi connectivity index (χ0) is 12.1. The van der Waals surface area contributed by atoms with Crippen LogP contribution in [0.2, 0.25) is 0 Å². The van der Waals surface area contributed by atoms with Crippen LogP contribution in [-0.2, 0) is 9.59 Å². The first kappa shape index (κ1) is 12.6. The van der Waals surface area contributed by atoms with E-state index < -0.39 is 6.10 Å². The van der Waals surface area contributed by atoms with Crippen molar-refractivity contribution in [3.63, 3.8) is 0 Å². The number of hydrazone groups is 1. The highest BCUT2D eigenvalue weighted by atomic mass is 16.3. The highest BCUT2D eigenvalue weighted by Crippen LogP contribution is 2.03. The fourth-order valence-electron chi connectivity index (χ4n) is 1.33. The number of rotatable bonds is 4. The minimum Gasteiger partial charge on any atom is -0.393 e. The van der Waals surface area contributed by atoms with Crippen LogP contribution in [0, 0.1) is 0 Å². The summed E-state index contributed by atoms with van der Waals surface area (Å²) < 4.78 is 0. The van der Waals surface area contributed by atoms with Crippen LogP contribution >= 0.6 is 0 Å². The summed E-state index contributed by atoms with van der Waals surface area (Å²) in [6.07, 6.45) is 0.781. The van der Waals surface area contributed by atoms with E-state index in [0.29, 0.717) is 31.5 Å². The summed E-state index contributed by atoms with van der Waals surface area (Å²) >= 11 is 0. The van der Waals surface area contributed by atoms with Crippen molar-refractivity contribution in [1.29, 1.82) is 0 Å². The molecule has 90 valence electrons. The molecule has 0 fully saturated rings. The maximum atomic E-state index is 11.8. The molecule has 2 N–H and O–H groups in total. The molecule has 0 bridgehead atoms. The van der Waals surface area contributed by atoms with Gasteiger partial charge >= 0.3 is 0 Å². The van der Waals surface area contributed by atoms with Gasteiger partial charge in [0.1, 0.15) is 5.71 Å². The lowest BCUT2D eigenvalue weighted by molar-refractivity contribution is -0.123. The molecule has 6 nitrogen and oxygen atoms in total. The molecule has 2 amide bonds. The van der Waals surface area contributed by atoms with Crippen molar-refractivity contribution in [1.82, 2.24) is 10.3 Å². The second-order valence-corrected chi connectivity index (χ2v) is 3.96. The van der Waals surface area contributed by atoms with Gasteiger partial charge in [-0.2, -0.15) is 5.10 Å². The molecule has 16 heavy (non-hydrogen) atoms. The third-order valence-electron chi connectivity index (χ3n) is 2.38. The maximum absolute atomic E-state index is 11.8. The predicted octanol–water partition coefficient (Wildman–Crippen LogP) is -0.518. The van der Waals surface area contributed by atoms with Crippen LogP contribution in [-0.4, -0.2) is 47.2 Å². The molecule has 1 rings (SSSR count). The van der Waals surface area contributed by atoms with Crippen LogP contribution in [0.25, 0.3) is 0 Å². The monoisotopic (exact) mass is 227 g/mol. The minimum atomic E-state index is -0.428. The summed E-state index contributed by atoms with van der Waals surface area (Å²) in [7, 11) is 1.66. The minimum absolute atomic E-state index is 0.164. The van der Waals surface area contributed by atoms with Gasteiger partial charge < -0.3 is 10.0 Å². The van der Waals surface area contributed by atoms with Crippen LogP contribution in [0.1, 0.15) is 26.2 Å². The highest BCUT2D eigenvalue weighted by Gasteiger charge is 2.21. The molecule has 6 heteroatoms. The molecule has 0 aliphatic carbocycles. The van der Waals surface area contributed by atoms with Gasteiger partial charge in [0.15, 0.2) is 0 Å². The van der Waals surface area contributed by atoms with Gasteiger partial charge in [-0.05, 0) is 13.3 Å². The van der Waals surface area contributed by atoms with E-state index in [0.717, 1.165) is 0 Å². The van der Waals surface area contributed by atoms with Crippen LogP contribution in [0.5, 0.6) is 0 Å². The van der Waals surface area contributed by atoms with Gasteiger partial charge in [0.05, 0.1) is 6.10 Å². The molecule has 0 spiro atoms. The quantitative estimate of drug-likeness (QED) is 0.678. The van der Waals surface area contributed by atoms with Crippen LogP contribution in [0.4, 0.5) is 0 Å². The first-order valence-corrected chi connectivity index (χ1v) is 5.29. The molecule has 0 aromatic heterocycles. The smallest absolute Gasteiger partial charge is 0.269 e. The van der Waals surface area contributed by atoms with E-state index >= 15 is 0 Å². The first-order chi connectivity index (χ1) is 7.50. The summed E-state index contributed by atoms with van der Waals surface area (Å²) in [5, 5.41) is 12.8. The molecule has 1 heterocycles. The number of amides is 2. The number of aliphatic hydroxyl groups is 1. The lowest BCUT2D eigenvalue weighted by atomic mass is 10.1. The van der Waals surface area contributed by atoms with Crippen molar-refractivity contribution < 1.29 is 14.7 Å². The Morgan fingerprint density at radius 2 is 2.31 bits per heavy atom. The Kier molecular flexibility index (Phi) is 4.42. The van der Waals surface area contributed by atoms with E-state index in [1.807, 2.05) is 0 Å². The lowest BCUT2D eigenvalue weighted by Crippen LogP contribution is -2.39. The topological polar surface area (TPSA) is 82.0 Å². The molecule has 0 saturated heterocycles. The third-order valence-corrected chi connectivity index (χ3v) is 2.38. The average Bonchev–Trinajstić information content (AvgIpc) is 2.26. The third kappa shape index (κ3) is 3.62. The highest BCUT2D eigenvalue weighted by molar-refractivity contribution is 6.39. The van der Waals surface area contributed by atoms with Crippen molar-refractivity contribution in [2.75, 3.05) is 13.6 Å². The largest absolute Gasteiger partial charge is 0.393 e. The van der Waals surface area contributed by atoms with Crippen LogP contribution < -0.4 is 5.43 Å². The van der Waals surface area contributed by atoms with E-state index in [1.54, 1.807) is 14.0 Å². The number of hydrogen-bond acceptors (Lipinski definition) is 4. The Hall–Kier alpha value is -1.43. The fourth-order valence-corrected chi connectivity index (χ4v) is 1.33. The van der Waals surface area contributed by atoms with Gasteiger partial charge in [0, 0.05) is 26.4 Å². The zero-order valence-electron chi connectivity index (χ0n) is 9.56.